The fraction of sp³-hybridized carbons (Fsp3) is 0.455. The number of benzene rings is 1. The first kappa shape index (κ1) is 9.04. The summed E-state index contributed by atoms with van der Waals surface area (Å²) in [6.45, 7) is 3.37. The molecular weight excluding hydrogens is 182 g/mol. The van der Waals surface area contributed by atoms with Gasteiger partial charge in [-0.3, -0.25) is 0 Å². The van der Waals surface area contributed by atoms with E-state index >= 15 is 0 Å². The molecule has 1 aromatic carbocycles. The monoisotopic (exact) mass is 195 g/mol. The van der Waals surface area contributed by atoms with Gasteiger partial charge in [-0.1, -0.05) is 36.7 Å². The summed E-state index contributed by atoms with van der Waals surface area (Å²) in [5, 5.41) is 4.36. The van der Waals surface area contributed by atoms with Crippen LogP contribution in [0, 0.1) is 5.92 Å². The van der Waals surface area contributed by atoms with Gasteiger partial charge in [0, 0.05) is 11.1 Å². The van der Waals surface area contributed by atoms with E-state index < -0.39 is 0 Å². The fourth-order valence-corrected chi connectivity index (χ4v) is 2.17. The van der Waals surface area contributed by atoms with Crippen molar-refractivity contribution in [1.82, 2.24) is 5.32 Å². The number of rotatable bonds is 1. The molecule has 1 fully saturated rings. The van der Waals surface area contributed by atoms with E-state index in [1.54, 1.807) is 0 Å². The van der Waals surface area contributed by atoms with Gasteiger partial charge < -0.3 is 5.32 Å². The van der Waals surface area contributed by atoms with Gasteiger partial charge in [-0.2, -0.15) is 0 Å². The van der Waals surface area contributed by atoms with E-state index in [0.717, 1.165) is 17.5 Å². The molecule has 70 valence electrons. The SMILES string of the molecule is CC1CNC(c2ccccc2Cl)C1. The van der Waals surface area contributed by atoms with Crippen molar-refractivity contribution >= 4 is 11.6 Å². The Morgan fingerprint density at radius 3 is 2.77 bits per heavy atom. The molecule has 2 atom stereocenters. The van der Waals surface area contributed by atoms with Crippen LogP contribution in [-0.2, 0) is 0 Å². The van der Waals surface area contributed by atoms with Crippen LogP contribution in [0.4, 0.5) is 0 Å². The summed E-state index contributed by atoms with van der Waals surface area (Å²) in [7, 11) is 0. The molecule has 2 unspecified atom stereocenters. The molecule has 13 heavy (non-hydrogen) atoms. The summed E-state index contributed by atoms with van der Waals surface area (Å²) in [6.07, 6.45) is 1.20. The summed E-state index contributed by atoms with van der Waals surface area (Å²) in [5.74, 6) is 0.765. The second-order valence-electron chi connectivity index (χ2n) is 3.82. The molecule has 1 saturated heterocycles. The maximum absolute atomic E-state index is 6.11. The summed E-state index contributed by atoms with van der Waals surface area (Å²) in [4.78, 5) is 0. The van der Waals surface area contributed by atoms with Crippen molar-refractivity contribution in [1.29, 1.82) is 0 Å². The average Bonchev–Trinajstić information content (AvgIpc) is 2.53. The van der Waals surface area contributed by atoms with Crippen LogP contribution in [0.25, 0.3) is 0 Å². The lowest BCUT2D eigenvalue weighted by atomic mass is 10.0. The lowest BCUT2D eigenvalue weighted by Gasteiger charge is -2.11. The molecule has 1 heterocycles. The lowest BCUT2D eigenvalue weighted by molar-refractivity contribution is 0.612. The molecule has 0 saturated carbocycles. The van der Waals surface area contributed by atoms with Crippen LogP contribution in [0.3, 0.4) is 0 Å². The number of hydrogen-bond acceptors (Lipinski definition) is 1. The van der Waals surface area contributed by atoms with Gasteiger partial charge in [0.05, 0.1) is 0 Å². The molecule has 0 aliphatic carbocycles. The Morgan fingerprint density at radius 1 is 1.38 bits per heavy atom. The first-order valence-electron chi connectivity index (χ1n) is 4.75. The van der Waals surface area contributed by atoms with Gasteiger partial charge >= 0.3 is 0 Å². The summed E-state index contributed by atoms with van der Waals surface area (Å²) >= 11 is 6.11. The zero-order valence-electron chi connectivity index (χ0n) is 7.76. The predicted octanol–water partition coefficient (Wildman–Crippen LogP) is 3.01. The van der Waals surface area contributed by atoms with Crippen molar-refractivity contribution in [3.63, 3.8) is 0 Å². The highest BCUT2D eigenvalue weighted by Gasteiger charge is 2.23. The predicted molar refractivity (Wildman–Crippen MR) is 56.0 cm³/mol. The van der Waals surface area contributed by atoms with E-state index in [0.29, 0.717) is 6.04 Å². The maximum atomic E-state index is 6.11. The molecule has 0 amide bonds. The molecular formula is C11H14ClN. The molecule has 0 radical (unpaired) electrons. The van der Waals surface area contributed by atoms with Crippen LogP contribution in [0.5, 0.6) is 0 Å². The quantitative estimate of drug-likeness (QED) is 0.727. The Balaban J connectivity index is 2.21. The van der Waals surface area contributed by atoms with Crippen molar-refractivity contribution < 1.29 is 0 Å². The van der Waals surface area contributed by atoms with E-state index in [2.05, 4.69) is 18.3 Å². The van der Waals surface area contributed by atoms with Crippen LogP contribution in [0.2, 0.25) is 5.02 Å². The zero-order valence-corrected chi connectivity index (χ0v) is 8.51. The van der Waals surface area contributed by atoms with Crippen molar-refractivity contribution in [2.45, 2.75) is 19.4 Å². The summed E-state index contributed by atoms with van der Waals surface area (Å²) in [6, 6.07) is 8.55. The number of halogens is 1. The van der Waals surface area contributed by atoms with Gasteiger partial charge in [0.25, 0.3) is 0 Å². The highest BCUT2D eigenvalue weighted by molar-refractivity contribution is 6.31. The second kappa shape index (κ2) is 3.69. The van der Waals surface area contributed by atoms with Crippen molar-refractivity contribution in [3.05, 3.63) is 34.9 Å². The molecule has 1 aliphatic rings. The van der Waals surface area contributed by atoms with Gasteiger partial charge in [0.15, 0.2) is 0 Å². The minimum Gasteiger partial charge on any atom is -0.310 e. The maximum Gasteiger partial charge on any atom is 0.0453 e. The standard InChI is InChI=1S/C11H14ClN/c1-8-6-11(13-7-8)9-4-2-3-5-10(9)12/h2-5,8,11,13H,6-7H2,1H3. The van der Waals surface area contributed by atoms with E-state index in [-0.39, 0.29) is 0 Å². The molecule has 0 aromatic heterocycles. The van der Waals surface area contributed by atoms with Gasteiger partial charge in [0.2, 0.25) is 0 Å². The van der Waals surface area contributed by atoms with E-state index in [4.69, 9.17) is 11.6 Å². The van der Waals surface area contributed by atoms with Crippen LogP contribution in [0.1, 0.15) is 24.9 Å². The zero-order chi connectivity index (χ0) is 9.26. The Labute approximate surface area is 84.1 Å². The third-order valence-electron chi connectivity index (χ3n) is 2.63. The highest BCUT2D eigenvalue weighted by Crippen LogP contribution is 2.30. The largest absolute Gasteiger partial charge is 0.310 e. The molecule has 1 aliphatic heterocycles. The van der Waals surface area contributed by atoms with Gasteiger partial charge in [-0.05, 0) is 30.5 Å². The Morgan fingerprint density at radius 2 is 2.15 bits per heavy atom. The van der Waals surface area contributed by atoms with Gasteiger partial charge in [-0.25, -0.2) is 0 Å². The normalized spacial score (nSPS) is 27.8. The van der Waals surface area contributed by atoms with Crippen LogP contribution >= 0.6 is 11.6 Å². The first-order chi connectivity index (χ1) is 6.27. The molecule has 0 bridgehead atoms. The van der Waals surface area contributed by atoms with Gasteiger partial charge in [0.1, 0.15) is 0 Å². The van der Waals surface area contributed by atoms with Crippen LogP contribution in [-0.4, -0.2) is 6.54 Å². The van der Waals surface area contributed by atoms with Gasteiger partial charge in [-0.15, -0.1) is 0 Å². The Hall–Kier alpha value is -0.530. The smallest absolute Gasteiger partial charge is 0.0453 e. The average molecular weight is 196 g/mol. The fourth-order valence-electron chi connectivity index (χ4n) is 1.91. The molecule has 2 rings (SSSR count). The summed E-state index contributed by atoms with van der Waals surface area (Å²) < 4.78 is 0. The third kappa shape index (κ3) is 1.87. The Bertz CT molecular complexity index is 298. The topological polar surface area (TPSA) is 12.0 Å². The minimum absolute atomic E-state index is 0.462. The van der Waals surface area contributed by atoms with Crippen molar-refractivity contribution in [2.75, 3.05) is 6.54 Å². The minimum atomic E-state index is 0.462. The third-order valence-corrected chi connectivity index (χ3v) is 2.98. The van der Waals surface area contributed by atoms with Crippen LogP contribution < -0.4 is 5.32 Å². The lowest BCUT2D eigenvalue weighted by Crippen LogP contribution is -2.13. The number of hydrogen-bond donors (Lipinski definition) is 1. The molecule has 1 N–H and O–H groups in total. The molecule has 0 spiro atoms. The number of nitrogens with one attached hydrogen (secondary N) is 1. The molecule has 1 nitrogen and oxygen atoms in total. The first-order valence-corrected chi connectivity index (χ1v) is 5.13. The van der Waals surface area contributed by atoms with Crippen molar-refractivity contribution in [3.8, 4) is 0 Å². The van der Waals surface area contributed by atoms with Crippen LogP contribution in [0.15, 0.2) is 24.3 Å². The Kier molecular flexibility index (Phi) is 2.56. The highest BCUT2D eigenvalue weighted by atomic mass is 35.5. The van der Waals surface area contributed by atoms with E-state index in [9.17, 15) is 0 Å². The second-order valence-corrected chi connectivity index (χ2v) is 4.23. The molecule has 2 heteroatoms. The molecule has 1 aromatic rings. The van der Waals surface area contributed by atoms with E-state index in [1.165, 1.54) is 12.0 Å². The summed E-state index contributed by atoms with van der Waals surface area (Å²) in [5.41, 5.74) is 1.24. The van der Waals surface area contributed by atoms with Crippen molar-refractivity contribution in [2.24, 2.45) is 5.92 Å². The van der Waals surface area contributed by atoms with E-state index in [1.807, 2.05) is 18.2 Å².